The molecular weight excluding hydrogens is 447 g/mol. The summed E-state index contributed by atoms with van der Waals surface area (Å²) < 4.78 is 14.0. The SMILES string of the molecule is CNC(C)C(=O)NC(C(=O)N1CCCC1c1cc(N2CCc3ccc(F)cc32)nc(C)n1)C(C)C. The van der Waals surface area contributed by atoms with Crippen LogP contribution in [0.2, 0.25) is 0 Å². The second-order valence-electron chi connectivity index (χ2n) is 9.80. The summed E-state index contributed by atoms with van der Waals surface area (Å²) in [6.45, 7) is 8.81. The quantitative estimate of drug-likeness (QED) is 0.631. The van der Waals surface area contributed by atoms with Gasteiger partial charge in [0.1, 0.15) is 23.5 Å². The molecule has 0 radical (unpaired) electrons. The highest BCUT2D eigenvalue weighted by molar-refractivity contribution is 5.90. The molecule has 2 aliphatic rings. The van der Waals surface area contributed by atoms with E-state index >= 15 is 0 Å². The number of likely N-dealkylation sites (tertiary alicyclic amines) is 1. The van der Waals surface area contributed by atoms with E-state index in [0.717, 1.165) is 36.2 Å². The molecule has 0 bridgehead atoms. The number of nitrogens with zero attached hydrogens (tertiary/aromatic N) is 4. The predicted molar refractivity (Wildman–Crippen MR) is 133 cm³/mol. The summed E-state index contributed by atoms with van der Waals surface area (Å²) in [4.78, 5) is 39.4. The zero-order valence-electron chi connectivity index (χ0n) is 21.1. The topological polar surface area (TPSA) is 90.5 Å². The average molecular weight is 483 g/mol. The lowest BCUT2D eigenvalue weighted by molar-refractivity contribution is -0.139. The van der Waals surface area contributed by atoms with Crippen LogP contribution in [-0.2, 0) is 16.0 Å². The summed E-state index contributed by atoms with van der Waals surface area (Å²) in [6, 6.07) is 5.59. The Morgan fingerprint density at radius 1 is 1.14 bits per heavy atom. The number of hydrogen-bond acceptors (Lipinski definition) is 6. The van der Waals surface area contributed by atoms with Gasteiger partial charge in [-0.25, -0.2) is 14.4 Å². The molecule has 0 saturated carbocycles. The summed E-state index contributed by atoms with van der Waals surface area (Å²) in [5, 5.41) is 5.85. The molecule has 188 valence electrons. The van der Waals surface area contributed by atoms with Crippen molar-refractivity contribution in [1.82, 2.24) is 25.5 Å². The maximum absolute atomic E-state index is 14.0. The lowest BCUT2D eigenvalue weighted by atomic mass is 10.0. The molecule has 0 aliphatic carbocycles. The van der Waals surface area contributed by atoms with E-state index in [0.29, 0.717) is 24.7 Å². The van der Waals surface area contributed by atoms with Crippen LogP contribution in [0.3, 0.4) is 0 Å². The molecule has 35 heavy (non-hydrogen) atoms. The van der Waals surface area contributed by atoms with Crippen molar-refractivity contribution >= 4 is 23.3 Å². The van der Waals surface area contributed by atoms with Gasteiger partial charge in [0.05, 0.1) is 17.8 Å². The first kappa shape index (κ1) is 25.0. The summed E-state index contributed by atoms with van der Waals surface area (Å²) in [7, 11) is 1.72. The van der Waals surface area contributed by atoms with Gasteiger partial charge in [-0.2, -0.15) is 0 Å². The van der Waals surface area contributed by atoms with Crippen molar-refractivity contribution in [2.45, 2.75) is 65.1 Å². The Hall–Kier alpha value is -3.07. The maximum atomic E-state index is 14.0. The summed E-state index contributed by atoms with van der Waals surface area (Å²) in [6.07, 6.45) is 2.47. The minimum atomic E-state index is -0.616. The fourth-order valence-corrected chi connectivity index (χ4v) is 4.91. The van der Waals surface area contributed by atoms with Gasteiger partial charge in [0, 0.05) is 24.8 Å². The number of amides is 2. The number of halogens is 1. The van der Waals surface area contributed by atoms with Crippen LogP contribution >= 0.6 is 0 Å². The number of nitrogens with one attached hydrogen (secondary N) is 2. The summed E-state index contributed by atoms with van der Waals surface area (Å²) in [5.74, 6) is 0.700. The predicted octanol–water partition coefficient (Wildman–Crippen LogP) is 3.03. The van der Waals surface area contributed by atoms with E-state index in [4.69, 9.17) is 4.98 Å². The Bertz CT molecular complexity index is 1110. The van der Waals surface area contributed by atoms with E-state index in [9.17, 15) is 14.0 Å². The molecule has 8 nitrogen and oxygen atoms in total. The van der Waals surface area contributed by atoms with E-state index in [1.165, 1.54) is 6.07 Å². The number of carbonyl (C=O) groups is 2. The van der Waals surface area contributed by atoms with Crippen LogP contribution in [0.5, 0.6) is 0 Å². The van der Waals surface area contributed by atoms with E-state index in [-0.39, 0.29) is 29.6 Å². The zero-order chi connectivity index (χ0) is 25.3. The normalized spacial score (nSPS) is 19.1. The fraction of sp³-hybridized carbons (Fsp3) is 0.538. The number of likely N-dealkylation sites (N-methyl/N-ethyl adjacent to an activating group) is 1. The second kappa shape index (κ2) is 10.3. The maximum Gasteiger partial charge on any atom is 0.245 e. The Balaban J connectivity index is 1.60. The van der Waals surface area contributed by atoms with Crippen molar-refractivity contribution in [2.24, 2.45) is 5.92 Å². The van der Waals surface area contributed by atoms with Crippen LogP contribution in [0.25, 0.3) is 0 Å². The van der Waals surface area contributed by atoms with Gasteiger partial charge in [-0.05, 0) is 63.8 Å². The third-order valence-electron chi connectivity index (χ3n) is 7.00. The van der Waals surface area contributed by atoms with E-state index < -0.39 is 12.1 Å². The molecule has 1 saturated heterocycles. The van der Waals surface area contributed by atoms with Crippen LogP contribution in [0.1, 0.15) is 56.7 Å². The number of aromatic nitrogens is 2. The number of hydrogen-bond donors (Lipinski definition) is 2. The minimum absolute atomic E-state index is 0.0598. The molecule has 4 rings (SSSR count). The first-order chi connectivity index (χ1) is 16.7. The van der Waals surface area contributed by atoms with Crippen molar-refractivity contribution in [3.05, 3.63) is 47.2 Å². The van der Waals surface area contributed by atoms with Gasteiger partial charge in [-0.3, -0.25) is 9.59 Å². The van der Waals surface area contributed by atoms with Gasteiger partial charge in [-0.1, -0.05) is 19.9 Å². The molecule has 2 amide bonds. The molecular formula is C26H35FN6O2. The Labute approximate surface area is 206 Å². The first-order valence-corrected chi connectivity index (χ1v) is 12.4. The Morgan fingerprint density at radius 3 is 2.63 bits per heavy atom. The van der Waals surface area contributed by atoms with Crippen LogP contribution in [0, 0.1) is 18.7 Å². The minimum Gasteiger partial charge on any atom is -0.343 e. The van der Waals surface area contributed by atoms with Crippen molar-refractivity contribution in [1.29, 1.82) is 0 Å². The number of carbonyl (C=O) groups excluding carboxylic acids is 2. The van der Waals surface area contributed by atoms with Crippen molar-refractivity contribution < 1.29 is 14.0 Å². The number of benzene rings is 1. The van der Waals surface area contributed by atoms with Gasteiger partial charge in [0.2, 0.25) is 11.8 Å². The molecule has 9 heteroatoms. The number of rotatable bonds is 7. The van der Waals surface area contributed by atoms with Gasteiger partial charge in [-0.15, -0.1) is 0 Å². The molecule has 2 aliphatic heterocycles. The van der Waals surface area contributed by atoms with Crippen molar-refractivity contribution in [3.63, 3.8) is 0 Å². The van der Waals surface area contributed by atoms with Crippen LogP contribution < -0.4 is 15.5 Å². The third kappa shape index (κ3) is 5.15. The highest BCUT2D eigenvalue weighted by atomic mass is 19.1. The van der Waals surface area contributed by atoms with Crippen molar-refractivity contribution in [2.75, 3.05) is 25.0 Å². The number of fused-ring (bicyclic) bond motifs is 1. The molecule has 2 aromatic rings. The third-order valence-corrected chi connectivity index (χ3v) is 7.00. The molecule has 2 N–H and O–H groups in total. The lowest BCUT2D eigenvalue weighted by Crippen LogP contribution is -2.54. The highest BCUT2D eigenvalue weighted by Gasteiger charge is 2.37. The van der Waals surface area contributed by atoms with Gasteiger partial charge in [0.15, 0.2) is 0 Å². The highest BCUT2D eigenvalue weighted by Crippen LogP contribution is 2.37. The largest absolute Gasteiger partial charge is 0.343 e. The van der Waals surface area contributed by atoms with Gasteiger partial charge in [0.25, 0.3) is 0 Å². The zero-order valence-corrected chi connectivity index (χ0v) is 21.1. The van der Waals surface area contributed by atoms with Gasteiger partial charge >= 0.3 is 0 Å². The van der Waals surface area contributed by atoms with E-state index in [1.807, 2.05) is 42.7 Å². The lowest BCUT2D eigenvalue weighted by Gasteiger charge is -2.32. The molecule has 3 atom stereocenters. The fourth-order valence-electron chi connectivity index (χ4n) is 4.91. The summed E-state index contributed by atoms with van der Waals surface area (Å²) in [5.41, 5.74) is 2.70. The molecule has 0 spiro atoms. The van der Waals surface area contributed by atoms with E-state index in [2.05, 4.69) is 15.6 Å². The molecule has 3 heterocycles. The molecule has 1 aromatic heterocycles. The standard InChI is InChI=1S/C26H35FN6O2/c1-15(2)24(31-25(34)16(3)28-5)26(35)33-11-6-7-21(33)20-14-23(30-17(4)29-20)32-12-10-18-8-9-19(27)13-22(18)32/h8-9,13-16,21,24,28H,6-7,10-12H2,1-5H3,(H,31,34). The Kier molecular flexibility index (Phi) is 7.35. The van der Waals surface area contributed by atoms with Crippen LogP contribution in [0.15, 0.2) is 24.3 Å². The number of anilines is 2. The van der Waals surface area contributed by atoms with Gasteiger partial charge < -0.3 is 20.4 Å². The molecule has 3 unspecified atom stereocenters. The van der Waals surface area contributed by atoms with Crippen LogP contribution in [0.4, 0.5) is 15.9 Å². The second-order valence-corrected chi connectivity index (χ2v) is 9.80. The average Bonchev–Trinajstić information content (AvgIpc) is 3.48. The van der Waals surface area contributed by atoms with Crippen molar-refractivity contribution in [3.8, 4) is 0 Å². The first-order valence-electron chi connectivity index (χ1n) is 12.4. The summed E-state index contributed by atoms with van der Waals surface area (Å²) >= 11 is 0. The molecule has 1 aromatic carbocycles. The van der Waals surface area contributed by atoms with E-state index in [1.54, 1.807) is 20.0 Å². The Morgan fingerprint density at radius 2 is 1.91 bits per heavy atom. The molecule has 1 fully saturated rings. The smallest absolute Gasteiger partial charge is 0.245 e. The monoisotopic (exact) mass is 482 g/mol. The number of aryl methyl sites for hydroxylation is 1. The van der Waals surface area contributed by atoms with Crippen LogP contribution in [-0.4, -0.2) is 58.9 Å².